The molecule has 0 saturated heterocycles. The first-order valence-electron chi connectivity index (χ1n) is 8.62. The number of hydrogen-bond donors (Lipinski definition) is 1. The zero-order chi connectivity index (χ0) is 20.1. The minimum atomic E-state index is -0.556. The molecule has 8 nitrogen and oxygen atoms in total. The van der Waals surface area contributed by atoms with E-state index in [4.69, 9.17) is 4.74 Å². The predicted molar refractivity (Wildman–Crippen MR) is 106 cm³/mol. The van der Waals surface area contributed by atoms with E-state index < -0.39 is 10.8 Å². The summed E-state index contributed by atoms with van der Waals surface area (Å²) in [5.74, 6) is 0.274. The first kappa shape index (κ1) is 19.7. The topological polar surface area (TPSA) is 102 Å². The Hall–Kier alpha value is -3.07. The molecule has 0 unspecified atom stereocenters. The highest BCUT2D eigenvalue weighted by Gasteiger charge is 2.29. The maximum Gasteiger partial charge on any atom is 0.271 e. The molecule has 1 aliphatic heterocycles. The van der Waals surface area contributed by atoms with Crippen molar-refractivity contribution < 1.29 is 19.2 Å². The maximum atomic E-state index is 12.3. The number of rotatable bonds is 7. The third kappa shape index (κ3) is 4.80. The third-order valence-corrected chi connectivity index (χ3v) is 5.13. The van der Waals surface area contributed by atoms with Crippen LogP contribution in [0.1, 0.15) is 5.56 Å². The number of hydrogen-bond acceptors (Lipinski definition) is 6. The normalized spacial score (nSPS) is 12.9. The van der Waals surface area contributed by atoms with Crippen molar-refractivity contribution in [3.63, 3.8) is 0 Å². The van der Waals surface area contributed by atoms with Gasteiger partial charge in [0.25, 0.3) is 11.6 Å². The molecule has 2 amide bonds. The van der Waals surface area contributed by atoms with Crippen LogP contribution in [-0.4, -0.2) is 42.2 Å². The fourth-order valence-electron chi connectivity index (χ4n) is 2.67. The smallest absolute Gasteiger partial charge is 0.271 e. The van der Waals surface area contributed by atoms with Crippen LogP contribution in [0.4, 0.5) is 11.4 Å². The van der Waals surface area contributed by atoms with Gasteiger partial charge in [-0.25, -0.2) is 0 Å². The molecule has 1 heterocycles. The van der Waals surface area contributed by atoms with E-state index in [9.17, 15) is 19.7 Å². The lowest BCUT2D eigenvalue weighted by molar-refractivity contribution is -0.384. The quantitative estimate of drug-likeness (QED) is 0.331. The van der Waals surface area contributed by atoms with Crippen molar-refractivity contribution >= 4 is 35.0 Å². The zero-order valence-electron chi connectivity index (χ0n) is 15.2. The lowest BCUT2D eigenvalue weighted by Crippen LogP contribution is -2.45. The number of amides is 2. The van der Waals surface area contributed by atoms with E-state index in [1.807, 2.05) is 31.2 Å². The Labute approximate surface area is 166 Å². The number of nitro benzene ring substituents is 1. The number of thioether (sulfide) groups is 1. The van der Waals surface area contributed by atoms with Gasteiger partial charge in [-0.05, 0) is 25.1 Å². The van der Waals surface area contributed by atoms with Crippen molar-refractivity contribution in [2.45, 2.75) is 11.8 Å². The Morgan fingerprint density at radius 1 is 1.29 bits per heavy atom. The standard InChI is InChI=1S/C19H19N3O5S/c1-13-2-5-15(6-3-13)28-9-8-20-18(23)11-21-16-10-14(22(25)26)4-7-17(16)27-12-19(21)24/h2-7,10H,8-9,11-12H2,1H3,(H,20,23). The lowest BCUT2D eigenvalue weighted by atomic mass is 10.2. The summed E-state index contributed by atoms with van der Waals surface area (Å²) in [6.45, 7) is 2.04. The number of nitro groups is 1. The average molecular weight is 401 g/mol. The van der Waals surface area contributed by atoms with Crippen molar-refractivity contribution in [1.29, 1.82) is 0 Å². The van der Waals surface area contributed by atoms with Gasteiger partial charge in [0.1, 0.15) is 12.3 Å². The second-order valence-electron chi connectivity index (χ2n) is 6.19. The summed E-state index contributed by atoms with van der Waals surface area (Å²) < 4.78 is 5.29. The van der Waals surface area contributed by atoms with Crippen LogP contribution in [0.25, 0.3) is 0 Å². The fraction of sp³-hybridized carbons (Fsp3) is 0.263. The molecule has 2 aromatic carbocycles. The monoisotopic (exact) mass is 401 g/mol. The number of nitrogens with zero attached hydrogens (tertiary/aromatic N) is 2. The molecule has 0 bridgehead atoms. The van der Waals surface area contributed by atoms with Gasteiger partial charge < -0.3 is 10.1 Å². The van der Waals surface area contributed by atoms with E-state index in [1.165, 1.54) is 28.7 Å². The molecule has 9 heteroatoms. The molecule has 1 N–H and O–H groups in total. The summed E-state index contributed by atoms with van der Waals surface area (Å²) in [4.78, 5) is 37.2. The molecule has 1 aliphatic rings. The Bertz CT molecular complexity index is 901. The summed E-state index contributed by atoms with van der Waals surface area (Å²) in [5.41, 5.74) is 1.25. The van der Waals surface area contributed by atoms with E-state index in [0.717, 1.165) is 4.90 Å². The summed E-state index contributed by atoms with van der Waals surface area (Å²) >= 11 is 1.62. The number of carbonyl (C=O) groups excluding carboxylic acids is 2. The van der Waals surface area contributed by atoms with Crippen LogP contribution in [0.5, 0.6) is 5.75 Å². The SMILES string of the molecule is Cc1ccc(SCCNC(=O)CN2C(=O)COc3ccc([N+](=O)[O-])cc32)cc1. The molecule has 146 valence electrons. The highest BCUT2D eigenvalue weighted by Crippen LogP contribution is 2.35. The Morgan fingerprint density at radius 2 is 2.04 bits per heavy atom. The van der Waals surface area contributed by atoms with Crippen molar-refractivity contribution in [2.75, 3.05) is 30.3 Å². The van der Waals surface area contributed by atoms with Gasteiger partial charge in [0.05, 0.1) is 10.6 Å². The average Bonchev–Trinajstić information content (AvgIpc) is 2.68. The molecule has 0 atom stereocenters. The van der Waals surface area contributed by atoms with Gasteiger partial charge in [-0.15, -0.1) is 11.8 Å². The van der Waals surface area contributed by atoms with Crippen LogP contribution in [-0.2, 0) is 9.59 Å². The van der Waals surface area contributed by atoms with Gasteiger partial charge in [0.15, 0.2) is 6.61 Å². The number of anilines is 1. The van der Waals surface area contributed by atoms with Gasteiger partial charge in [-0.2, -0.15) is 0 Å². The number of aryl methyl sites for hydroxylation is 1. The predicted octanol–water partition coefficient (Wildman–Crippen LogP) is 2.54. The number of ether oxygens (including phenoxy) is 1. The molecule has 2 aromatic rings. The Kier molecular flexibility index (Phi) is 6.15. The second kappa shape index (κ2) is 8.75. The van der Waals surface area contributed by atoms with Crippen LogP contribution in [0.3, 0.4) is 0 Å². The largest absolute Gasteiger partial charge is 0.482 e. The summed E-state index contributed by atoms with van der Waals surface area (Å²) in [7, 11) is 0. The van der Waals surface area contributed by atoms with Crippen molar-refractivity contribution in [2.24, 2.45) is 0 Å². The van der Waals surface area contributed by atoms with Crippen LogP contribution >= 0.6 is 11.8 Å². The minimum absolute atomic E-state index is 0.169. The van der Waals surface area contributed by atoms with Crippen molar-refractivity contribution in [3.05, 3.63) is 58.1 Å². The molecule has 0 radical (unpaired) electrons. The number of benzene rings is 2. The summed E-state index contributed by atoms with van der Waals surface area (Å²) in [6, 6.07) is 12.1. The van der Waals surface area contributed by atoms with Gasteiger partial charge in [-0.1, -0.05) is 17.7 Å². The molecule has 0 aliphatic carbocycles. The van der Waals surface area contributed by atoms with E-state index in [2.05, 4.69) is 5.32 Å². The molecular weight excluding hydrogens is 382 g/mol. The second-order valence-corrected chi connectivity index (χ2v) is 7.36. The molecule has 0 aromatic heterocycles. The first-order chi connectivity index (χ1) is 13.4. The molecule has 28 heavy (non-hydrogen) atoms. The van der Waals surface area contributed by atoms with E-state index in [0.29, 0.717) is 18.0 Å². The molecule has 3 rings (SSSR count). The van der Waals surface area contributed by atoms with Crippen molar-refractivity contribution in [3.8, 4) is 5.75 Å². The summed E-state index contributed by atoms with van der Waals surface area (Å²) in [6.07, 6.45) is 0. The molecule has 0 fully saturated rings. The van der Waals surface area contributed by atoms with Gasteiger partial charge in [0, 0.05) is 29.3 Å². The molecule has 0 saturated carbocycles. The fourth-order valence-corrected chi connectivity index (χ4v) is 3.44. The minimum Gasteiger partial charge on any atom is -0.482 e. The van der Waals surface area contributed by atoms with Crippen LogP contribution in [0.2, 0.25) is 0 Å². The number of nitrogens with one attached hydrogen (secondary N) is 1. The zero-order valence-corrected chi connectivity index (χ0v) is 16.0. The van der Waals surface area contributed by atoms with Crippen LogP contribution in [0.15, 0.2) is 47.4 Å². The lowest BCUT2D eigenvalue weighted by Gasteiger charge is -2.28. The Morgan fingerprint density at radius 3 is 2.75 bits per heavy atom. The molecular formula is C19H19N3O5S. The van der Waals surface area contributed by atoms with Crippen LogP contribution < -0.4 is 15.0 Å². The molecule has 0 spiro atoms. The Balaban J connectivity index is 1.56. The highest BCUT2D eigenvalue weighted by atomic mass is 32.2. The van der Waals surface area contributed by atoms with E-state index in [1.54, 1.807) is 11.8 Å². The van der Waals surface area contributed by atoms with Crippen LogP contribution in [0, 0.1) is 17.0 Å². The maximum absolute atomic E-state index is 12.3. The highest BCUT2D eigenvalue weighted by molar-refractivity contribution is 7.99. The third-order valence-electron chi connectivity index (χ3n) is 4.11. The number of fused-ring (bicyclic) bond motifs is 1. The first-order valence-corrected chi connectivity index (χ1v) is 9.60. The number of non-ortho nitro benzene ring substituents is 1. The van der Waals surface area contributed by atoms with E-state index >= 15 is 0 Å². The summed E-state index contributed by atoms with van der Waals surface area (Å²) in [5, 5.41) is 13.8. The van der Waals surface area contributed by atoms with Crippen molar-refractivity contribution in [1.82, 2.24) is 5.32 Å². The van der Waals surface area contributed by atoms with E-state index in [-0.39, 0.29) is 30.4 Å². The van der Waals surface area contributed by atoms with Gasteiger partial charge >= 0.3 is 0 Å². The van der Waals surface area contributed by atoms with Gasteiger partial charge in [0.2, 0.25) is 5.91 Å². The van der Waals surface area contributed by atoms with Gasteiger partial charge in [-0.3, -0.25) is 24.6 Å². The number of carbonyl (C=O) groups is 2.